The molecule has 0 atom stereocenters. The summed E-state index contributed by atoms with van der Waals surface area (Å²) in [6.45, 7) is 0.291. The van der Waals surface area contributed by atoms with Crippen LogP contribution < -0.4 is 5.32 Å². The quantitative estimate of drug-likeness (QED) is 0.550. The second-order valence-corrected chi connectivity index (χ2v) is 2.96. The smallest absolute Gasteiger partial charge is 0.266 e. The van der Waals surface area contributed by atoms with Gasteiger partial charge in [0.05, 0.1) is 5.75 Å². The van der Waals surface area contributed by atoms with Gasteiger partial charge in [0, 0.05) is 6.54 Å². The summed E-state index contributed by atoms with van der Waals surface area (Å²) in [5.41, 5.74) is 0. The molecule has 9 heavy (non-hydrogen) atoms. The molecule has 0 aliphatic carbocycles. The van der Waals surface area contributed by atoms with Crippen molar-refractivity contribution in [3.8, 4) is 0 Å². The molecule has 0 saturated heterocycles. The van der Waals surface area contributed by atoms with Crippen LogP contribution in [0.1, 0.15) is 7.43 Å². The molecule has 0 spiro atoms. The van der Waals surface area contributed by atoms with Gasteiger partial charge >= 0.3 is 0 Å². The van der Waals surface area contributed by atoms with Crippen LogP contribution in [-0.2, 0) is 10.1 Å². The third kappa shape index (κ3) is 11.4. The fraction of sp³-hybridized carbons (Fsp3) is 1.00. The Hall–Kier alpha value is -0.130. The second-order valence-electron chi connectivity index (χ2n) is 1.39. The molecule has 0 rings (SSSR count). The van der Waals surface area contributed by atoms with Gasteiger partial charge in [-0.1, -0.05) is 7.43 Å². The number of hydrogen-bond acceptors (Lipinski definition) is 3. The summed E-state index contributed by atoms with van der Waals surface area (Å²) in [6, 6.07) is 0. The van der Waals surface area contributed by atoms with Crippen molar-refractivity contribution < 1.29 is 13.0 Å². The molecule has 0 aromatic heterocycles. The first-order chi connectivity index (χ1) is 3.56. The Balaban J connectivity index is 0. The fourth-order valence-corrected chi connectivity index (χ4v) is 0.693. The predicted molar refractivity (Wildman–Crippen MR) is 37.1 cm³/mol. The van der Waals surface area contributed by atoms with E-state index in [-0.39, 0.29) is 13.2 Å². The van der Waals surface area contributed by atoms with Gasteiger partial charge in [-0.25, -0.2) is 0 Å². The van der Waals surface area contributed by atoms with Crippen LogP contribution in [0.15, 0.2) is 0 Å². The van der Waals surface area contributed by atoms with Crippen LogP contribution >= 0.6 is 0 Å². The average molecular weight is 155 g/mol. The van der Waals surface area contributed by atoms with Crippen LogP contribution in [0.3, 0.4) is 0 Å². The first kappa shape index (κ1) is 11.6. The first-order valence-electron chi connectivity index (χ1n) is 2.16. The molecule has 0 aromatic carbocycles. The van der Waals surface area contributed by atoms with Crippen LogP contribution in [0, 0.1) is 0 Å². The highest BCUT2D eigenvalue weighted by molar-refractivity contribution is 7.85. The highest BCUT2D eigenvalue weighted by atomic mass is 32.2. The summed E-state index contributed by atoms with van der Waals surface area (Å²) in [5.74, 6) is -0.219. The number of rotatable bonds is 3. The fourth-order valence-electron chi connectivity index (χ4n) is 0.231. The van der Waals surface area contributed by atoms with E-state index >= 15 is 0 Å². The first-order valence-corrected chi connectivity index (χ1v) is 3.77. The molecule has 0 heterocycles. The maximum absolute atomic E-state index is 9.91. The average Bonchev–Trinajstić information content (AvgIpc) is 1.59. The van der Waals surface area contributed by atoms with Crippen molar-refractivity contribution >= 4 is 10.1 Å². The molecular formula is C4H13NO3S. The zero-order valence-electron chi connectivity index (χ0n) is 4.59. The van der Waals surface area contributed by atoms with E-state index < -0.39 is 10.1 Å². The molecular weight excluding hydrogens is 142 g/mol. The van der Waals surface area contributed by atoms with Crippen molar-refractivity contribution in [3.63, 3.8) is 0 Å². The maximum atomic E-state index is 9.91. The Bertz CT molecular complexity index is 140. The standard InChI is InChI=1S/C3H9NO3S.CH4/c1-4-2-3-8(5,6)7;/h4H,2-3H2,1H3,(H,5,6,7);1H4. The number of nitrogens with one attached hydrogen (secondary N) is 1. The molecule has 4 nitrogen and oxygen atoms in total. The molecule has 0 aromatic rings. The molecule has 0 radical (unpaired) electrons. The van der Waals surface area contributed by atoms with E-state index in [1.807, 2.05) is 0 Å². The summed E-state index contributed by atoms with van der Waals surface area (Å²) in [6.07, 6.45) is 0. The molecule has 5 heteroatoms. The summed E-state index contributed by atoms with van der Waals surface area (Å²) < 4.78 is 27.9. The van der Waals surface area contributed by atoms with Gasteiger partial charge in [0.15, 0.2) is 0 Å². The lowest BCUT2D eigenvalue weighted by Gasteiger charge is -1.92. The Labute approximate surface area is 56.0 Å². The second kappa shape index (κ2) is 4.72. The zero-order chi connectivity index (χ0) is 6.62. The van der Waals surface area contributed by atoms with Crippen LogP contribution in [-0.4, -0.2) is 32.3 Å². The van der Waals surface area contributed by atoms with E-state index in [0.717, 1.165) is 0 Å². The van der Waals surface area contributed by atoms with Crippen molar-refractivity contribution in [2.75, 3.05) is 19.3 Å². The van der Waals surface area contributed by atoms with Crippen molar-refractivity contribution in [1.29, 1.82) is 0 Å². The molecule has 0 aliphatic heterocycles. The molecule has 0 amide bonds. The van der Waals surface area contributed by atoms with Gasteiger partial charge in [-0.3, -0.25) is 4.55 Å². The minimum atomic E-state index is -3.75. The van der Waals surface area contributed by atoms with Gasteiger partial charge in [-0.05, 0) is 7.05 Å². The van der Waals surface area contributed by atoms with Crippen LogP contribution in [0.4, 0.5) is 0 Å². The lowest BCUT2D eigenvalue weighted by Crippen LogP contribution is -2.18. The Kier molecular flexibility index (Phi) is 6.11. The van der Waals surface area contributed by atoms with Crippen molar-refractivity contribution in [1.82, 2.24) is 5.32 Å². The molecule has 0 unspecified atom stereocenters. The Morgan fingerprint density at radius 3 is 2.11 bits per heavy atom. The van der Waals surface area contributed by atoms with Crippen molar-refractivity contribution in [2.24, 2.45) is 0 Å². The highest BCUT2D eigenvalue weighted by Crippen LogP contribution is 1.76. The van der Waals surface area contributed by atoms with Gasteiger partial charge < -0.3 is 5.32 Å². The van der Waals surface area contributed by atoms with Crippen molar-refractivity contribution in [3.05, 3.63) is 0 Å². The lowest BCUT2D eigenvalue weighted by molar-refractivity contribution is 0.482. The molecule has 0 fully saturated rings. The van der Waals surface area contributed by atoms with E-state index in [0.29, 0.717) is 6.54 Å². The van der Waals surface area contributed by atoms with Crippen LogP contribution in [0.25, 0.3) is 0 Å². The molecule has 0 saturated carbocycles. The third-order valence-corrected chi connectivity index (χ3v) is 1.33. The third-order valence-electron chi connectivity index (χ3n) is 0.610. The van der Waals surface area contributed by atoms with E-state index in [1.165, 1.54) is 0 Å². The van der Waals surface area contributed by atoms with Gasteiger partial charge in [-0.2, -0.15) is 8.42 Å². The van der Waals surface area contributed by atoms with E-state index in [4.69, 9.17) is 4.55 Å². The Morgan fingerprint density at radius 2 is 2.00 bits per heavy atom. The maximum Gasteiger partial charge on any atom is 0.266 e. The van der Waals surface area contributed by atoms with Gasteiger partial charge in [-0.15, -0.1) is 0 Å². The zero-order valence-corrected chi connectivity index (χ0v) is 5.40. The summed E-state index contributed by atoms with van der Waals surface area (Å²) in [4.78, 5) is 0. The van der Waals surface area contributed by atoms with Gasteiger partial charge in [0.2, 0.25) is 0 Å². The summed E-state index contributed by atoms with van der Waals surface area (Å²) in [5, 5.41) is 2.59. The van der Waals surface area contributed by atoms with Crippen LogP contribution in [0.2, 0.25) is 0 Å². The normalized spacial score (nSPS) is 10.4. The predicted octanol–water partition coefficient (Wildman–Crippen LogP) is -0.270. The van der Waals surface area contributed by atoms with E-state index in [2.05, 4.69) is 5.32 Å². The van der Waals surface area contributed by atoms with Gasteiger partial charge in [0.1, 0.15) is 0 Å². The lowest BCUT2D eigenvalue weighted by atomic mass is 10.8. The van der Waals surface area contributed by atoms with E-state index in [9.17, 15) is 8.42 Å². The topological polar surface area (TPSA) is 66.4 Å². The van der Waals surface area contributed by atoms with Crippen molar-refractivity contribution in [2.45, 2.75) is 7.43 Å². The van der Waals surface area contributed by atoms with Gasteiger partial charge in [0.25, 0.3) is 10.1 Å². The Morgan fingerprint density at radius 1 is 1.56 bits per heavy atom. The molecule has 58 valence electrons. The summed E-state index contributed by atoms with van der Waals surface area (Å²) >= 11 is 0. The number of hydrogen-bond donors (Lipinski definition) is 2. The largest absolute Gasteiger partial charge is 0.319 e. The monoisotopic (exact) mass is 155 g/mol. The summed E-state index contributed by atoms with van der Waals surface area (Å²) in [7, 11) is -2.13. The van der Waals surface area contributed by atoms with Crippen LogP contribution in [0.5, 0.6) is 0 Å². The molecule has 0 aliphatic rings. The molecule has 2 N–H and O–H groups in total. The SMILES string of the molecule is C.CNCCS(=O)(=O)O. The molecule has 0 bridgehead atoms. The van der Waals surface area contributed by atoms with E-state index in [1.54, 1.807) is 7.05 Å². The highest BCUT2D eigenvalue weighted by Gasteiger charge is 1.99. The minimum Gasteiger partial charge on any atom is -0.319 e. The minimum absolute atomic E-state index is 0.